The van der Waals surface area contributed by atoms with Gasteiger partial charge in [0.1, 0.15) is 0 Å². The number of nitrogens with zero attached hydrogens (tertiary/aromatic N) is 1. The normalized spacial score (nSPS) is 24.7. The van der Waals surface area contributed by atoms with Gasteiger partial charge in [0.25, 0.3) is 0 Å². The summed E-state index contributed by atoms with van der Waals surface area (Å²) in [6.07, 6.45) is 2.37. The summed E-state index contributed by atoms with van der Waals surface area (Å²) in [7, 11) is 1.70. The number of carbonyl (C=O) groups is 1. The van der Waals surface area contributed by atoms with E-state index in [0.29, 0.717) is 19.6 Å². The van der Waals surface area contributed by atoms with Gasteiger partial charge in [-0.05, 0) is 31.4 Å². The average molecular weight is 291 g/mol. The first-order valence-electron chi connectivity index (χ1n) is 7.64. The molecule has 1 aliphatic rings. The molecule has 0 radical (unpaired) electrons. The highest BCUT2D eigenvalue weighted by Gasteiger charge is 2.42. The molecular formula is C17H25NO3. The van der Waals surface area contributed by atoms with Crippen LogP contribution in [0.15, 0.2) is 30.3 Å². The Morgan fingerprint density at radius 3 is 2.71 bits per heavy atom. The summed E-state index contributed by atoms with van der Waals surface area (Å²) in [5.41, 5.74) is 0.579. The van der Waals surface area contributed by atoms with Gasteiger partial charge < -0.3 is 9.84 Å². The van der Waals surface area contributed by atoms with Crippen molar-refractivity contribution in [2.24, 2.45) is 5.41 Å². The monoisotopic (exact) mass is 291 g/mol. The molecule has 0 saturated carbocycles. The lowest BCUT2D eigenvalue weighted by atomic mass is 9.77. The zero-order chi connectivity index (χ0) is 15.3. The molecule has 1 saturated heterocycles. The van der Waals surface area contributed by atoms with Gasteiger partial charge in [0.2, 0.25) is 0 Å². The van der Waals surface area contributed by atoms with Gasteiger partial charge in [0.05, 0.1) is 18.1 Å². The smallest absolute Gasteiger partial charge is 0.310 e. The molecule has 1 aliphatic heterocycles. The van der Waals surface area contributed by atoms with Crippen molar-refractivity contribution in [2.75, 3.05) is 26.8 Å². The second-order valence-electron chi connectivity index (χ2n) is 5.89. The summed E-state index contributed by atoms with van der Waals surface area (Å²) in [5, 5.41) is 9.63. The summed E-state index contributed by atoms with van der Waals surface area (Å²) in [5.74, 6) is -0.668. The van der Waals surface area contributed by atoms with Crippen molar-refractivity contribution in [3.05, 3.63) is 35.9 Å². The second-order valence-corrected chi connectivity index (χ2v) is 5.89. The molecule has 0 amide bonds. The highest BCUT2D eigenvalue weighted by molar-refractivity contribution is 5.75. The highest BCUT2D eigenvalue weighted by Crippen LogP contribution is 2.37. The zero-order valence-corrected chi connectivity index (χ0v) is 12.9. The van der Waals surface area contributed by atoms with E-state index < -0.39 is 11.4 Å². The Labute approximate surface area is 126 Å². The minimum Gasteiger partial charge on any atom is -0.481 e. The predicted molar refractivity (Wildman–Crippen MR) is 82.2 cm³/mol. The quantitative estimate of drug-likeness (QED) is 0.875. The molecule has 0 aliphatic carbocycles. The van der Waals surface area contributed by atoms with Crippen LogP contribution in [0.25, 0.3) is 0 Å². The third-order valence-corrected chi connectivity index (χ3v) is 4.69. The lowest BCUT2D eigenvalue weighted by Gasteiger charge is -2.43. The lowest BCUT2D eigenvalue weighted by molar-refractivity contribution is -0.154. The van der Waals surface area contributed by atoms with E-state index >= 15 is 0 Å². The largest absolute Gasteiger partial charge is 0.481 e. The number of hydrogen-bond acceptors (Lipinski definition) is 3. The number of likely N-dealkylation sites (tertiary alicyclic amines) is 1. The molecule has 2 rings (SSSR count). The van der Waals surface area contributed by atoms with E-state index in [1.165, 1.54) is 5.56 Å². The Morgan fingerprint density at radius 1 is 1.43 bits per heavy atom. The Kier molecular flexibility index (Phi) is 5.37. The molecule has 1 aromatic rings. The van der Waals surface area contributed by atoms with Crippen LogP contribution in [0.3, 0.4) is 0 Å². The van der Waals surface area contributed by atoms with Crippen LogP contribution in [0.1, 0.15) is 37.8 Å². The van der Waals surface area contributed by atoms with E-state index in [4.69, 9.17) is 4.74 Å². The number of aliphatic carboxylic acids is 1. The van der Waals surface area contributed by atoms with Crippen LogP contribution in [-0.4, -0.2) is 42.8 Å². The molecule has 4 heteroatoms. The van der Waals surface area contributed by atoms with Crippen molar-refractivity contribution in [2.45, 2.75) is 32.2 Å². The second kappa shape index (κ2) is 7.05. The minimum absolute atomic E-state index is 0.127. The third kappa shape index (κ3) is 3.44. The first kappa shape index (κ1) is 16.0. The summed E-state index contributed by atoms with van der Waals surface area (Å²) in [4.78, 5) is 14.0. The molecule has 2 atom stereocenters. The topological polar surface area (TPSA) is 49.8 Å². The fraction of sp³-hybridized carbons (Fsp3) is 0.588. The molecule has 1 aromatic carbocycles. The number of hydrogen-bond donors (Lipinski definition) is 1. The maximum absolute atomic E-state index is 11.7. The highest BCUT2D eigenvalue weighted by atomic mass is 16.5. The van der Waals surface area contributed by atoms with Crippen LogP contribution >= 0.6 is 0 Å². The predicted octanol–water partition coefficient (Wildman–Crippen LogP) is 2.95. The van der Waals surface area contributed by atoms with Gasteiger partial charge in [-0.3, -0.25) is 9.69 Å². The Bertz CT molecular complexity index is 462. The Hall–Kier alpha value is -1.39. The first-order valence-corrected chi connectivity index (χ1v) is 7.64. The fourth-order valence-corrected chi connectivity index (χ4v) is 3.29. The number of ether oxygens (including phenoxy) is 1. The third-order valence-electron chi connectivity index (χ3n) is 4.69. The van der Waals surface area contributed by atoms with Crippen molar-refractivity contribution in [1.82, 2.24) is 4.90 Å². The average Bonchev–Trinajstić information content (AvgIpc) is 2.53. The molecule has 1 fully saturated rings. The Balaban J connectivity index is 2.22. The van der Waals surface area contributed by atoms with Crippen LogP contribution in [0.4, 0.5) is 0 Å². The molecule has 0 bridgehead atoms. The number of methoxy groups -OCH3 is 1. The molecule has 1 heterocycles. The summed E-state index contributed by atoms with van der Waals surface area (Å²) in [6.45, 7) is 4.09. The number of rotatable bonds is 6. The number of piperidine rings is 1. The van der Waals surface area contributed by atoms with Crippen LogP contribution in [0.2, 0.25) is 0 Å². The van der Waals surface area contributed by atoms with Gasteiger partial charge in [-0.25, -0.2) is 0 Å². The van der Waals surface area contributed by atoms with E-state index in [-0.39, 0.29) is 6.04 Å². The molecule has 0 aromatic heterocycles. The van der Waals surface area contributed by atoms with E-state index in [0.717, 1.165) is 19.4 Å². The number of carboxylic acids is 1. The van der Waals surface area contributed by atoms with Crippen molar-refractivity contribution in [3.63, 3.8) is 0 Å². The zero-order valence-electron chi connectivity index (χ0n) is 12.9. The van der Waals surface area contributed by atoms with Crippen LogP contribution < -0.4 is 0 Å². The van der Waals surface area contributed by atoms with Crippen molar-refractivity contribution in [3.8, 4) is 0 Å². The van der Waals surface area contributed by atoms with Crippen LogP contribution in [-0.2, 0) is 9.53 Å². The van der Waals surface area contributed by atoms with Crippen molar-refractivity contribution in [1.29, 1.82) is 0 Å². The SMILES string of the molecule is CCC1(C(=O)O)CCCN(C(COC)c2ccccc2)C1. The van der Waals surface area contributed by atoms with Crippen molar-refractivity contribution >= 4 is 5.97 Å². The standard InChI is InChI=1S/C17H25NO3/c1-3-17(16(19)20)10-7-11-18(13-17)15(12-21-2)14-8-5-4-6-9-14/h4-6,8-9,15H,3,7,10-13H2,1-2H3,(H,19,20). The molecule has 4 nitrogen and oxygen atoms in total. The number of benzene rings is 1. The van der Waals surface area contributed by atoms with Gasteiger partial charge >= 0.3 is 5.97 Å². The van der Waals surface area contributed by atoms with Gasteiger partial charge in [-0.2, -0.15) is 0 Å². The van der Waals surface area contributed by atoms with Gasteiger partial charge in [0.15, 0.2) is 0 Å². The van der Waals surface area contributed by atoms with E-state index in [9.17, 15) is 9.90 Å². The van der Waals surface area contributed by atoms with Gasteiger partial charge in [0, 0.05) is 13.7 Å². The molecule has 2 unspecified atom stereocenters. The number of carboxylic acid groups (broad SMARTS) is 1. The molecule has 0 spiro atoms. The molecule has 1 N–H and O–H groups in total. The van der Waals surface area contributed by atoms with Crippen LogP contribution in [0.5, 0.6) is 0 Å². The van der Waals surface area contributed by atoms with E-state index in [1.54, 1.807) is 7.11 Å². The fourth-order valence-electron chi connectivity index (χ4n) is 3.29. The van der Waals surface area contributed by atoms with Gasteiger partial charge in [-0.15, -0.1) is 0 Å². The van der Waals surface area contributed by atoms with Gasteiger partial charge in [-0.1, -0.05) is 37.3 Å². The van der Waals surface area contributed by atoms with E-state index in [2.05, 4.69) is 17.0 Å². The molecular weight excluding hydrogens is 266 g/mol. The maximum Gasteiger partial charge on any atom is 0.310 e. The Morgan fingerprint density at radius 2 is 2.14 bits per heavy atom. The first-order chi connectivity index (χ1) is 10.1. The minimum atomic E-state index is -0.668. The maximum atomic E-state index is 11.7. The molecule has 116 valence electrons. The van der Waals surface area contributed by atoms with Crippen molar-refractivity contribution < 1.29 is 14.6 Å². The summed E-state index contributed by atoms with van der Waals surface area (Å²) in [6, 6.07) is 10.3. The van der Waals surface area contributed by atoms with Crippen LogP contribution in [0, 0.1) is 5.41 Å². The van der Waals surface area contributed by atoms with E-state index in [1.807, 2.05) is 25.1 Å². The lowest BCUT2D eigenvalue weighted by Crippen LogP contribution is -2.49. The summed E-state index contributed by atoms with van der Waals surface area (Å²) < 4.78 is 5.38. The molecule has 21 heavy (non-hydrogen) atoms. The summed E-state index contributed by atoms with van der Waals surface area (Å²) >= 11 is 0.